The standard InChI is InChI=1S/C21H22N2O5/c1-27-21-9-7-17(14-18(21)15-22-10-12-28-13-11-22)20(24)8-6-16-4-2-3-5-19(16)23(25)26/h2-9,14H,10-13,15H2,1H3/b8-6+. The van der Waals surface area contributed by atoms with E-state index in [0.29, 0.717) is 30.9 Å². The molecule has 1 aliphatic heterocycles. The van der Waals surface area contributed by atoms with Crippen molar-refractivity contribution in [3.63, 3.8) is 0 Å². The van der Waals surface area contributed by atoms with Crippen LogP contribution in [0.3, 0.4) is 0 Å². The number of allylic oxidation sites excluding steroid dienone is 1. The SMILES string of the molecule is COc1ccc(C(=O)/C=C/c2ccccc2[N+](=O)[O-])cc1CN1CCOCC1. The Bertz CT molecular complexity index is 888. The molecule has 3 rings (SSSR count). The normalized spacial score (nSPS) is 14.9. The Balaban J connectivity index is 1.80. The molecule has 2 aromatic rings. The van der Waals surface area contributed by atoms with E-state index in [2.05, 4.69) is 4.90 Å². The van der Waals surface area contributed by atoms with Crippen molar-refractivity contribution in [2.75, 3.05) is 33.4 Å². The van der Waals surface area contributed by atoms with Crippen LogP contribution in [0.2, 0.25) is 0 Å². The number of carbonyl (C=O) groups excluding carboxylic acids is 1. The van der Waals surface area contributed by atoms with Gasteiger partial charge in [0.1, 0.15) is 5.75 Å². The number of morpholine rings is 1. The van der Waals surface area contributed by atoms with Gasteiger partial charge in [-0.05, 0) is 36.4 Å². The average molecular weight is 382 g/mol. The van der Waals surface area contributed by atoms with Gasteiger partial charge in [-0.3, -0.25) is 19.8 Å². The molecule has 0 atom stereocenters. The first kappa shape index (κ1) is 19.7. The van der Waals surface area contributed by atoms with Crippen LogP contribution in [0.25, 0.3) is 6.08 Å². The molecule has 0 aliphatic carbocycles. The summed E-state index contributed by atoms with van der Waals surface area (Å²) in [5.41, 5.74) is 1.80. The zero-order valence-electron chi connectivity index (χ0n) is 15.7. The molecule has 2 aromatic carbocycles. The number of ether oxygens (including phenoxy) is 2. The molecule has 0 spiro atoms. The quantitative estimate of drug-likeness (QED) is 0.316. The van der Waals surface area contributed by atoms with Gasteiger partial charge in [-0.25, -0.2) is 0 Å². The highest BCUT2D eigenvalue weighted by Gasteiger charge is 2.15. The van der Waals surface area contributed by atoms with Crippen LogP contribution in [0.5, 0.6) is 5.75 Å². The monoisotopic (exact) mass is 382 g/mol. The first-order chi connectivity index (χ1) is 13.6. The fourth-order valence-electron chi connectivity index (χ4n) is 3.11. The lowest BCUT2D eigenvalue weighted by molar-refractivity contribution is -0.385. The topological polar surface area (TPSA) is 81.9 Å². The maximum atomic E-state index is 12.6. The third kappa shape index (κ3) is 4.82. The van der Waals surface area contributed by atoms with E-state index in [1.165, 1.54) is 18.2 Å². The highest BCUT2D eigenvalue weighted by Crippen LogP contribution is 2.23. The molecule has 1 aliphatic rings. The van der Waals surface area contributed by atoms with Crippen molar-refractivity contribution in [2.24, 2.45) is 0 Å². The van der Waals surface area contributed by atoms with Gasteiger partial charge in [0.25, 0.3) is 5.69 Å². The Kier molecular flexibility index (Phi) is 6.52. The molecule has 146 valence electrons. The minimum absolute atomic E-state index is 0.0331. The average Bonchev–Trinajstić information content (AvgIpc) is 2.73. The Morgan fingerprint density at radius 1 is 1.25 bits per heavy atom. The first-order valence-corrected chi connectivity index (χ1v) is 9.01. The van der Waals surface area contributed by atoms with E-state index in [1.807, 2.05) is 6.07 Å². The predicted octanol–water partition coefficient (Wildman–Crippen LogP) is 3.33. The molecular weight excluding hydrogens is 360 g/mol. The summed E-state index contributed by atoms with van der Waals surface area (Å²) in [6.45, 7) is 3.72. The number of ketones is 1. The summed E-state index contributed by atoms with van der Waals surface area (Å²) >= 11 is 0. The molecule has 0 N–H and O–H groups in total. The molecule has 7 nitrogen and oxygen atoms in total. The summed E-state index contributed by atoms with van der Waals surface area (Å²) in [6, 6.07) is 11.6. The lowest BCUT2D eigenvalue weighted by Crippen LogP contribution is -2.35. The zero-order valence-corrected chi connectivity index (χ0v) is 15.7. The molecule has 0 radical (unpaired) electrons. The maximum absolute atomic E-state index is 12.6. The zero-order chi connectivity index (χ0) is 19.9. The Morgan fingerprint density at radius 3 is 2.71 bits per heavy atom. The fraction of sp³-hybridized carbons (Fsp3) is 0.286. The van der Waals surface area contributed by atoms with E-state index in [0.717, 1.165) is 24.4 Å². The molecule has 1 fully saturated rings. The van der Waals surface area contributed by atoms with Crippen LogP contribution in [-0.4, -0.2) is 49.0 Å². The summed E-state index contributed by atoms with van der Waals surface area (Å²) in [4.78, 5) is 25.5. The van der Waals surface area contributed by atoms with Gasteiger partial charge in [-0.1, -0.05) is 12.1 Å². The van der Waals surface area contributed by atoms with Gasteiger partial charge in [0.05, 0.1) is 30.8 Å². The van der Waals surface area contributed by atoms with Gasteiger partial charge in [0.15, 0.2) is 5.78 Å². The lowest BCUT2D eigenvalue weighted by Gasteiger charge is -2.27. The number of rotatable bonds is 7. The Labute approximate surface area is 163 Å². The van der Waals surface area contributed by atoms with Gasteiger partial charge in [-0.2, -0.15) is 0 Å². The van der Waals surface area contributed by atoms with E-state index in [9.17, 15) is 14.9 Å². The van der Waals surface area contributed by atoms with E-state index >= 15 is 0 Å². The minimum Gasteiger partial charge on any atom is -0.496 e. The van der Waals surface area contributed by atoms with Crippen molar-refractivity contribution in [3.8, 4) is 5.75 Å². The molecule has 0 bridgehead atoms. The van der Waals surface area contributed by atoms with Crippen molar-refractivity contribution >= 4 is 17.5 Å². The van der Waals surface area contributed by atoms with Gasteiger partial charge in [-0.15, -0.1) is 0 Å². The van der Waals surface area contributed by atoms with Gasteiger partial charge in [0.2, 0.25) is 0 Å². The number of para-hydroxylation sites is 1. The Hall–Kier alpha value is -3.03. The van der Waals surface area contributed by atoms with E-state index < -0.39 is 4.92 Å². The second-order valence-electron chi connectivity index (χ2n) is 6.43. The summed E-state index contributed by atoms with van der Waals surface area (Å²) in [7, 11) is 1.61. The number of nitrogens with zero attached hydrogens (tertiary/aromatic N) is 2. The van der Waals surface area contributed by atoms with Crippen molar-refractivity contribution in [1.82, 2.24) is 4.90 Å². The number of nitro groups is 1. The number of carbonyl (C=O) groups is 1. The molecule has 0 aromatic heterocycles. The van der Waals surface area contributed by atoms with Crippen LogP contribution < -0.4 is 4.74 Å². The van der Waals surface area contributed by atoms with Gasteiger partial charge in [0, 0.05) is 36.8 Å². The van der Waals surface area contributed by atoms with Crippen molar-refractivity contribution < 1.29 is 19.2 Å². The number of nitro benzene ring substituents is 1. The number of benzene rings is 2. The van der Waals surface area contributed by atoms with Gasteiger partial charge < -0.3 is 9.47 Å². The first-order valence-electron chi connectivity index (χ1n) is 9.01. The second-order valence-corrected chi connectivity index (χ2v) is 6.43. The van der Waals surface area contributed by atoms with Crippen LogP contribution in [0.1, 0.15) is 21.5 Å². The summed E-state index contributed by atoms with van der Waals surface area (Å²) in [6.07, 6.45) is 2.84. The fourth-order valence-corrected chi connectivity index (χ4v) is 3.11. The van der Waals surface area contributed by atoms with Crippen LogP contribution in [0, 0.1) is 10.1 Å². The highest BCUT2D eigenvalue weighted by molar-refractivity contribution is 6.07. The van der Waals surface area contributed by atoms with Crippen LogP contribution in [-0.2, 0) is 11.3 Å². The third-order valence-corrected chi connectivity index (χ3v) is 4.61. The van der Waals surface area contributed by atoms with E-state index in [1.54, 1.807) is 37.4 Å². The Morgan fingerprint density at radius 2 is 2.00 bits per heavy atom. The minimum atomic E-state index is -0.460. The largest absolute Gasteiger partial charge is 0.496 e. The number of hydrogen-bond acceptors (Lipinski definition) is 6. The second kappa shape index (κ2) is 9.25. The molecule has 0 unspecified atom stereocenters. The van der Waals surface area contributed by atoms with Crippen LogP contribution in [0.15, 0.2) is 48.5 Å². The van der Waals surface area contributed by atoms with Crippen LogP contribution >= 0.6 is 0 Å². The molecule has 0 amide bonds. The molecule has 0 saturated carbocycles. The number of methoxy groups -OCH3 is 1. The molecule has 28 heavy (non-hydrogen) atoms. The molecule has 7 heteroatoms. The van der Waals surface area contributed by atoms with Crippen molar-refractivity contribution in [2.45, 2.75) is 6.54 Å². The lowest BCUT2D eigenvalue weighted by atomic mass is 10.0. The smallest absolute Gasteiger partial charge is 0.276 e. The molecular formula is C21H22N2O5. The predicted molar refractivity (Wildman–Crippen MR) is 106 cm³/mol. The van der Waals surface area contributed by atoms with Crippen molar-refractivity contribution in [1.29, 1.82) is 0 Å². The molecule has 1 heterocycles. The van der Waals surface area contributed by atoms with E-state index in [-0.39, 0.29) is 11.5 Å². The highest BCUT2D eigenvalue weighted by atomic mass is 16.6. The van der Waals surface area contributed by atoms with E-state index in [4.69, 9.17) is 9.47 Å². The molecule has 1 saturated heterocycles. The maximum Gasteiger partial charge on any atom is 0.276 e. The van der Waals surface area contributed by atoms with Gasteiger partial charge >= 0.3 is 0 Å². The summed E-state index contributed by atoms with van der Waals surface area (Å²) in [5.74, 6) is 0.509. The summed E-state index contributed by atoms with van der Waals surface area (Å²) < 4.78 is 10.8. The van der Waals surface area contributed by atoms with Crippen LogP contribution in [0.4, 0.5) is 5.69 Å². The summed E-state index contributed by atoms with van der Waals surface area (Å²) in [5, 5.41) is 11.1. The third-order valence-electron chi connectivity index (χ3n) is 4.61. The van der Waals surface area contributed by atoms with Crippen molar-refractivity contribution in [3.05, 3.63) is 75.3 Å². The number of hydrogen-bond donors (Lipinski definition) is 0.